The van der Waals surface area contributed by atoms with Gasteiger partial charge in [0.1, 0.15) is 5.75 Å². The summed E-state index contributed by atoms with van der Waals surface area (Å²) < 4.78 is 0. The Hall–Kier alpha value is -1.95. The van der Waals surface area contributed by atoms with E-state index in [0.717, 1.165) is 30.8 Å². The summed E-state index contributed by atoms with van der Waals surface area (Å²) in [6.07, 6.45) is 4.01. The lowest BCUT2D eigenvalue weighted by atomic mass is 10.1. The molecule has 2 fully saturated rings. The molecule has 2 aromatic carbocycles. The molecule has 1 amide bonds. The van der Waals surface area contributed by atoms with Gasteiger partial charge in [-0.25, -0.2) is 0 Å². The van der Waals surface area contributed by atoms with Gasteiger partial charge in [-0.1, -0.05) is 35.3 Å². The van der Waals surface area contributed by atoms with Crippen LogP contribution in [0.4, 0.5) is 11.4 Å². The molecule has 2 aromatic rings. The summed E-state index contributed by atoms with van der Waals surface area (Å²) in [5.41, 5.74) is 2.07. The molecule has 5 nitrogen and oxygen atoms in total. The third-order valence-electron chi connectivity index (χ3n) is 6.22. The van der Waals surface area contributed by atoms with Crippen LogP contribution in [0.5, 0.6) is 5.75 Å². The summed E-state index contributed by atoms with van der Waals surface area (Å²) >= 11 is 12.3. The minimum absolute atomic E-state index is 0.0293. The maximum atomic E-state index is 13.5. The summed E-state index contributed by atoms with van der Waals surface area (Å²) in [6.45, 7) is 1.85. The second kappa shape index (κ2) is 7.08. The minimum atomic E-state index is -0.604. The van der Waals surface area contributed by atoms with Crippen LogP contribution < -0.4 is 15.1 Å². The number of hydrogen-bond acceptors (Lipinski definition) is 4. The van der Waals surface area contributed by atoms with Crippen molar-refractivity contribution >= 4 is 40.5 Å². The second-order valence-corrected chi connectivity index (χ2v) is 8.98. The molecule has 7 heteroatoms. The number of halogens is 2. The van der Waals surface area contributed by atoms with E-state index in [9.17, 15) is 9.90 Å². The standard InChI is InChI=1S/C22H23Cl2N3O2/c23-16-7-8-17(24)20(28)15(16)13-25-22(9-10-22)21(29)27-12-11-26(14-5-6-14)18-3-1-2-4-19(18)27/h1-4,7-8,14,25,28H,5-6,9-13H2. The number of phenols is 1. The van der Waals surface area contributed by atoms with Crippen molar-refractivity contribution in [3.05, 3.63) is 52.0 Å². The highest BCUT2D eigenvalue weighted by molar-refractivity contribution is 6.34. The fourth-order valence-electron chi connectivity index (χ4n) is 4.22. The Kier molecular flexibility index (Phi) is 4.65. The third-order valence-corrected chi connectivity index (χ3v) is 6.88. The van der Waals surface area contributed by atoms with Gasteiger partial charge in [0.15, 0.2) is 0 Å². The first kappa shape index (κ1) is 19.0. The molecule has 2 N–H and O–H groups in total. The molecular weight excluding hydrogens is 409 g/mol. The van der Waals surface area contributed by atoms with Gasteiger partial charge < -0.3 is 14.9 Å². The van der Waals surface area contributed by atoms with Crippen molar-refractivity contribution in [1.29, 1.82) is 0 Å². The number of rotatable bonds is 5. The third kappa shape index (κ3) is 3.35. The maximum Gasteiger partial charge on any atom is 0.247 e. The molecule has 0 spiro atoms. The van der Waals surface area contributed by atoms with Crippen molar-refractivity contribution in [2.24, 2.45) is 0 Å². The maximum absolute atomic E-state index is 13.5. The summed E-state index contributed by atoms with van der Waals surface area (Å²) in [4.78, 5) is 17.9. The van der Waals surface area contributed by atoms with E-state index < -0.39 is 5.54 Å². The lowest BCUT2D eigenvalue weighted by Crippen LogP contribution is -2.53. The fraction of sp³-hybridized carbons (Fsp3) is 0.409. The number of hydrogen-bond donors (Lipinski definition) is 2. The first-order valence-corrected chi connectivity index (χ1v) is 10.8. The quantitative estimate of drug-likeness (QED) is 0.739. The van der Waals surface area contributed by atoms with E-state index in [0.29, 0.717) is 29.7 Å². The molecule has 3 aliphatic rings. The van der Waals surface area contributed by atoms with Crippen molar-refractivity contribution in [3.8, 4) is 5.75 Å². The van der Waals surface area contributed by atoms with Crippen molar-refractivity contribution < 1.29 is 9.90 Å². The highest BCUT2D eigenvalue weighted by atomic mass is 35.5. The number of aromatic hydroxyl groups is 1. The van der Waals surface area contributed by atoms with Crippen molar-refractivity contribution in [2.45, 2.75) is 43.8 Å². The molecule has 0 bridgehead atoms. The molecule has 2 saturated carbocycles. The van der Waals surface area contributed by atoms with Crippen LogP contribution in [0.1, 0.15) is 31.2 Å². The zero-order valence-corrected chi connectivity index (χ0v) is 17.5. The smallest absolute Gasteiger partial charge is 0.247 e. The van der Waals surface area contributed by atoms with Gasteiger partial charge in [-0.3, -0.25) is 10.1 Å². The fourth-order valence-corrected chi connectivity index (χ4v) is 4.62. The molecule has 0 radical (unpaired) electrons. The predicted molar refractivity (Wildman–Crippen MR) is 116 cm³/mol. The Bertz CT molecular complexity index is 973. The van der Waals surface area contributed by atoms with Gasteiger partial charge in [-0.15, -0.1) is 0 Å². The van der Waals surface area contributed by atoms with E-state index in [4.69, 9.17) is 23.2 Å². The summed E-state index contributed by atoms with van der Waals surface area (Å²) in [6, 6.07) is 12.0. The lowest BCUT2D eigenvalue weighted by molar-refractivity contribution is -0.121. The van der Waals surface area contributed by atoms with Gasteiger partial charge >= 0.3 is 0 Å². The molecule has 5 rings (SSSR count). The molecule has 1 heterocycles. The van der Waals surface area contributed by atoms with Gasteiger partial charge in [0, 0.05) is 36.3 Å². The molecule has 0 atom stereocenters. The number of benzene rings is 2. The van der Waals surface area contributed by atoms with E-state index in [1.54, 1.807) is 12.1 Å². The Balaban J connectivity index is 1.37. The van der Waals surface area contributed by atoms with E-state index in [-0.39, 0.29) is 16.7 Å². The Morgan fingerprint density at radius 1 is 1.07 bits per heavy atom. The minimum Gasteiger partial charge on any atom is -0.506 e. The number of fused-ring (bicyclic) bond motifs is 1. The average Bonchev–Trinajstić information content (AvgIpc) is 3.64. The van der Waals surface area contributed by atoms with Crippen LogP contribution in [-0.4, -0.2) is 35.7 Å². The van der Waals surface area contributed by atoms with Crippen LogP contribution in [0.25, 0.3) is 0 Å². The molecular formula is C22H23Cl2N3O2. The average molecular weight is 432 g/mol. The first-order chi connectivity index (χ1) is 14.0. The topological polar surface area (TPSA) is 55.8 Å². The largest absolute Gasteiger partial charge is 0.506 e. The normalized spacial score (nSPS) is 19.8. The number of carbonyl (C=O) groups is 1. The monoisotopic (exact) mass is 431 g/mol. The van der Waals surface area contributed by atoms with E-state index in [2.05, 4.69) is 16.3 Å². The number of para-hydroxylation sites is 2. The number of anilines is 2. The summed E-state index contributed by atoms with van der Waals surface area (Å²) in [5, 5.41) is 14.3. The Morgan fingerprint density at radius 2 is 1.76 bits per heavy atom. The molecule has 152 valence electrons. The van der Waals surface area contributed by atoms with Crippen LogP contribution in [0.3, 0.4) is 0 Å². The van der Waals surface area contributed by atoms with Crippen LogP contribution in [0.15, 0.2) is 36.4 Å². The Labute approximate surface area is 180 Å². The van der Waals surface area contributed by atoms with E-state index in [1.807, 2.05) is 23.1 Å². The zero-order chi connectivity index (χ0) is 20.2. The van der Waals surface area contributed by atoms with Crippen LogP contribution in [0.2, 0.25) is 10.0 Å². The number of amides is 1. The van der Waals surface area contributed by atoms with Crippen LogP contribution in [0, 0.1) is 0 Å². The molecule has 0 saturated heterocycles. The predicted octanol–water partition coefficient (Wildman–Crippen LogP) is 4.34. The van der Waals surface area contributed by atoms with E-state index >= 15 is 0 Å². The SMILES string of the molecule is O=C(N1CCN(C2CC2)c2ccccc21)C1(NCc2c(Cl)ccc(Cl)c2O)CC1. The lowest BCUT2D eigenvalue weighted by Gasteiger charge is -2.39. The number of nitrogens with one attached hydrogen (secondary N) is 1. The van der Waals surface area contributed by atoms with Gasteiger partial charge in [0.25, 0.3) is 0 Å². The van der Waals surface area contributed by atoms with Crippen molar-refractivity contribution in [2.75, 3.05) is 22.9 Å². The Morgan fingerprint density at radius 3 is 2.45 bits per heavy atom. The van der Waals surface area contributed by atoms with Crippen molar-refractivity contribution in [3.63, 3.8) is 0 Å². The summed E-state index contributed by atoms with van der Waals surface area (Å²) in [5.74, 6) is 0.0661. The van der Waals surface area contributed by atoms with Gasteiger partial charge in [-0.05, 0) is 49.9 Å². The second-order valence-electron chi connectivity index (χ2n) is 8.16. The molecule has 0 unspecified atom stereocenters. The summed E-state index contributed by atoms with van der Waals surface area (Å²) in [7, 11) is 0. The zero-order valence-electron chi connectivity index (χ0n) is 16.0. The number of phenolic OH excluding ortho intramolecular Hbond substituents is 1. The van der Waals surface area contributed by atoms with Crippen LogP contribution >= 0.6 is 23.2 Å². The van der Waals surface area contributed by atoms with E-state index in [1.165, 1.54) is 12.8 Å². The van der Waals surface area contributed by atoms with Crippen LogP contribution in [-0.2, 0) is 11.3 Å². The van der Waals surface area contributed by atoms with Crippen molar-refractivity contribution in [1.82, 2.24) is 5.32 Å². The van der Waals surface area contributed by atoms with Gasteiger partial charge in [0.05, 0.1) is 21.9 Å². The molecule has 0 aromatic heterocycles. The molecule has 29 heavy (non-hydrogen) atoms. The highest BCUT2D eigenvalue weighted by Crippen LogP contribution is 2.44. The molecule has 1 aliphatic heterocycles. The first-order valence-electron chi connectivity index (χ1n) is 10.1. The highest BCUT2D eigenvalue weighted by Gasteiger charge is 2.52. The number of nitrogens with zero attached hydrogens (tertiary/aromatic N) is 2. The number of carbonyl (C=O) groups excluding carboxylic acids is 1. The van der Waals surface area contributed by atoms with Gasteiger partial charge in [0.2, 0.25) is 5.91 Å². The van der Waals surface area contributed by atoms with Gasteiger partial charge in [-0.2, -0.15) is 0 Å². The molecule has 2 aliphatic carbocycles.